The second kappa shape index (κ2) is 9.07. The van der Waals surface area contributed by atoms with Gasteiger partial charge in [0.25, 0.3) is 0 Å². The monoisotopic (exact) mass is 408 g/mol. The van der Waals surface area contributed by atoms with E-state index < -0.39 is 0 Å². The van der Waals surface area contributed by atoms with E-state index in [0.29, 0.717) is 12.3 Å². The molecule has 0 bridgehead atoms. The van der Waals surface area contributed by atoms with Crippen LogP contribution in [0.1, 0.15) is 30.9 Å². The van der Waals surface area contributed by atoms with Gasteiger partial charge in [0, 0.05) is 61.3 Å². The van der Waals surface area contributed by atoms with Crippen molar-refractivity contribution in [2.24, 2.45) is 7.05 Å². The molecule has 1 saturated heterocycles. The van der Waals surface area contributed by atoms with Crippen molar-refractivity contribution in [3.8, 4) is 16.9 Å². The molecule has 1 aliphatic rings. The lowest BCUT2D eigenvalue weighted by atomic mass is 9.93. The van der Waals surface area contributed by atoms with Gasteiger partial charge in [0.2, 0.25) is 5.91 Å². The van der Waals surface area contributed by atoms with Gasteiger partial charge in [-0.2, -0.15) is 5.10 Å². The maximum atomic E-state index is 13.2. The predicted octanol–water partition coefficient (Wildman–Crippen LogP) is 3.80. The van der Waals surface area contributed by atoms with Gasteiger partial charge in [0.15, 0.2) is 0 Å². The molecule has 30 heavy (non-hydrogen) atoms. The number of likely N-dealkylation sites (tertiary alicyclic amines) is 1. The number of piperidine rings is 1. The number of ether oxygens (including phenoxy) is 1. The van der Waals surface area contributed by atoms with Gasteiger partial charge in [0.05, 0.1) is 19.2 Å². The first-order chi connectivity index (χ1) is 14.6. The smallest absolute Gasteiger partial charge is 0.226 e. The van der Waals surface area contributed by atoms with E-state index in [-0.39, 0.29) is 30.7 Å². The van der Waals surface area contributed by atoms with Crippen molar-refractivity contribution in [1.82, 2.24) is 19.7 Å². The van der Waals surface area contributed by atoms with Crippen LogP contribution in [0.3, 0.4) is 0 Å². The number of benzene rings is 1. The summed E-state index contributed by atoms with van der Waals surface area (Å²) in [5.41, 5.74) is 3.08. The predicted molar refractivity (Wildman–Crippen MR) is 112 cm³/mol. The first-order valence-electron chi connectivity index (χ1n) is 10.2. The zero-order valence-electron chi connectivity index (χ0n) is 17.0. The Hall–Kier alpha value is -3.22. The number of pyridine rings is 1. The highest BCUT2D eigenvalue weighted by molar-refractivity contribution is 5.76. The molecular weight excluding hydrogens is 383 g/mol. The summed E-state index contributed by atoms with van der Waals surface area (Å²) >= 11 is 0. The normalized spacial score (nSPS) is 16.5. The Morgan fingerprint density at radius 3 is 2.87 bits per heavy atom. The van der Waals surface area contributed by atoms with E-state index in [1.54, 1.807) is 16.8 Å². The van der Waals surface area contributed by atoms with Crippen LogP contribution in [0.15, 0.2) is 55.0 Å². The Morgan fingerprint density at radius 2 is 2.13 bits per heavy atom. The Morgan fingerprint density at radius 1 is 1.23 bits per heavy atom. The maximum absolute atomic E-state index is 13.2. The average molecular weight is 408 g/mol. The van der Waals surface area contributed by atoms with Crippen LogP contribution in [-0.2, 0) is 11.8 Å². The molecule has 4 rings (SSSR count). The molecule has 0 radical (unpaired) electrons. The Balaban J connectivity index is 1.31. The highest BCUT2D eigenvalue weighted by atomic mass is 19.1. The number of nitrogens with zero attached hydrogens (tertiary/aromatic N) is 4. The van der Waals surface area contributed by atoms with E-state index in [0.717, 1.165) is 36.2 Å². The van der Waals surface area contributed by atoms with Crippen LogP contribution < -0.4 is 4.74 Å². The number of halogens is 1. The van der Waals surface area contributed by atoms with Crippen molar-refractivity contribution >= 4 is 5.91 Å². The van der Waals surface area contributed by atoms with Crippen molar-refractivity contribution in [2.45, 2.75) is 25.2 Å². The summed E-state index contributed by atoms with van der Waals surface area (Å²) in [5.74, 6) is 0.384. The average Bonchev–Trinajstić information content (AvgIpc) is 3.20. The van der Waals surface area contributed by atoms with E-state index >= 15 is 0 Å². The number of aromatic nitrogens is 3. The second-order valence-corrected chi connectivity index (χ2v) is 7.61. The molecule has 0 unspecified atom stereocenters. The highest BCUT2D eigenvalue weighted by Crippen LogP contribution is 2.27. The van der Waals surface area contributed by atoms with Crippen LogP contribution in [0.5, 0.6) is 5.75 Å². The summed E-state index contributed by atoms with van der Waals surface area (Å²) in [4.78, 5) is 19.2. The minimum atomic E-state index is -0.347. The fourth-order valence-corrected chi connectivity index (χ4v) is 3.80. The number of carbonyl (C=O) groups is 1. The van der Waals surface area contributed by atoms with Gasteiger partial charge in [-0.1, -0.05) is 12.1 Å². The number of hydrogen-bond acceptors (Lipinski definition) is 4. The van der Waals surface area contributed by atoms with Crippen LogP contribution in [-0.4, -0.2) is 45.3 Å². The molecule has 1 atom stereocenters. The zero-order valence-corrected chi connectivity index (χ0v) is 17.0. The van der Waals surface area contributed by atoms with Gasteiger partial charge < -0.3 is 9.64 Å². The van der Waals surface area contributed by atoms with Crippen LogP contribution in [0.4, 0.5) is 4.39 Å². The molecule has 7 heteroatoms. The third kappa shape index (κ3) is 4.84. The molecule has 0 aliphatic carbocycles. The number of aryl methyl sites for hydroxylation is 1. The van der Waals surface area contributed by atoms with Crippen molar-refractivity contribution in [3.05, 3.63) is 66.5 Å². The number of carbonyl (C=O) groups excluding carboxylic acids is 1. The first-order valence-corrected chi connectivity index (χ1v) is 10.2. The second-order valence-electron chi connectivity index (χ2n) is 7.61. The summed E-state index contributed by atoms with van der Waals surface area (Å²) in [5, 5.41) is 4.20. The molecular formula is C23H25FN4O2. The Labute approximate surface area is 175 Å². The van der Waals surface area contributed by atoms with E-state index in [2.05, 4.69) is 16.1 Å². The van der Waals surface area contributed by atoms with E-state index in [1.165, 1.54) is 12.1 Å². The van der Waals surface area contributed by atoms with E-state index in [4.69, 9.17) is 4.74 Å². The Bertz CT molecular complexity index is 1000. The molecule has 1 aromatic carbocycles. The summed E-state index contributed by atoms with van der Waals surface area (Å²) in [6, 6.07) is 10.1. The number of amides is 1. The standard InChI is InChI=1S/C23H25FN4O2/c1-27-15-19(14-26-27)17-7-8-22(25-13-17)18-4-3-10-28(16-18)23(29)9-11-30-21-6-2-5-20(24)12-21/h2,5-8,12-15,18H,3-4,9-11,16H2,1H3/t18-/m0/s1. The van der Waals surface area contributed by atoms with Gasteiger partial charge in [-0.25, -0.2) is 4.39 Å². The van der Waals surface area contributed by atoms with Crippen molar-refractivity contribution in [1.29, 1.82) is 0 Å². The molecule has 0 saturated carbocycles. The fourth-order valence-electron chi connectivity index (χ4n) is 3.80. The van der Waals surface area contributed by atoms with Crippen LogP contribution >= 0.6 is 0 Å². The van der Waals surface area contributed by atoms with Gasteiger partial charge in [0.1, 0.15) is 11.6 Å². The molecule has 3 aromatic rings. The summed E-state index contributed by atoms with van der Waals surface area (Å²) in [7, 11) is 1.89. The molecule has 1 aliphatic heterocycles. The molecule has 3 heterocycles. The summed E-state index contributed by atoms with van der Waals surface area (Å²) in [6.45, 7) is 1.66. The van der Waals surface area contributed by atoms with Gasteiger partial charge in [-0.05, 0) is 31.0 Å². The van der Waals surface area contributed by atoms with Crippen molar-refractivity contribution < 1.29 is 13.9 Å². The first kappa shape index (κ1) is 20.1. The Kier molecular flexibility index (Phi) is 6.07. The number of hydrogen-bond donors (Lipinski definition) is 0. The third-order valence-corrected chi connectivity index (χ3v) is 5.40. The van der Waals surface area contributed by atoms with E-state index in [9.17, 15) is 9.18 Å². The summed E-state index contributed by atoms with van der Waals surface area (Å²) in [6.07, 6.45) is 7.90. The quantitative estimate of drug-likeness (QED) is 0.623. The van der Waals surface area contributed by atoms with Gasteiger partial charge in [-0.15, -0.1) is 0 Å². The van der Waals surface area contributed by atoms with Crippen LogP contribution in [0.25, 0.3) is 11.1 Å². The fraction of sp³-hybridized carbons (Fsp3) is 0.348. The molecule has 1 fully saturated rings. The maximum Gasteiger partial charge on any atom is 0.226 e. The van der Waals surface area contributed by atoms with Crippen LogP contribution in [0, 0.1) is 5.82 Å². The van der Waals surface area contributed by atoms with E-state index in [1.807, 2.05) is 36.6 Å². The molecule has 156 valence electrons. The molecule has 0 N–H and O–H groups in total. The SMILES string of the molecule is Cn1cc(-c2ccc([C@H]3CCCN(C(=O)CCOc4cccc(F)c4)C3)nc2)cn1. The lowest BCUT2D eigenvalue weighted by Gasteiger charge is -2.32. The molecule has 1 amide bonds. The summed E-state index contributed by atoms with van der Waals surface area (Å²) < 4.78 is 20.5. The van der Waals surface area contributed by atoms with Crippen molar-refractivity contribution in [2.75, 3.05) is 19.7 Å². The third-order valence-electron chi connectivity index (χ3n) is 5.40. The molecule has 6 nitrogen and oxygen atoms in total. The minimum Gasteiger partial charge on any atom is -0.493 e. The van der Waals surface area contributed by atoms with Crippen molar-refractivity contribution in [3.63, 3.8) is 0 Å². The van der Waals surface area contributed by atoms with Crippen LogP contribution in [0.2, 0.25) is 0 Å². The minimum absolute atomic E-state index is 0.0584. The zero-order chi connectivity index (χ0) is 20.9. The topological polar surface area (TPSA) is 60.2 Å². The van der Waals surface area contributed by atoms with Gasteiger partial charge >= 0.3 is 0 Å². The largest absolute Gasteiger partial charge is 0.493 e. The number of rotatable bonds is 6. The molecule has 0 spiro atoms. The molecule has 2 aromatic heterocycles. The lowest BCUT2D eigenvalue weighted by Crippen LogP contribution is -2.39. The lowest BCUT2D eigenvalue weighted by molar-refractivity contribution is -0.132. The van der Waals surface area contributed by atoms with Gasteiger partial charge in [-0.3, -0.25) is 14.5 Å². The highest BCUT2D eigenvalue weighted by Gasteiger charge is 2.25.